The van der Waals surface area contributed by atoms with Gasteiger partial charge in [0, 0.05) is 5.02 Å². The van der Waals surface area contributed by atoms with Crippen LogP contribution in [0.3, 0.4) is 0 Å². The third-order valence-corrected chi connectivity index (χ3v) is 5.41. The van der Waals surface area contributed by atoms with Gasteiger partial charge in [-0.15, -0.1) is 0 Å². The van der Waals surface area contributed by atoms with E-state index in [1.807, 2.05) is 0 Å². The van der Waals surface area contributed by atoms with Crippen molar-refractivity contribution in [3.8, 4) is 5.75 Å². The third kappa shape index (κ3) is 6.55. The highest BCUT2D eigenvalue weighted by atomic mass is 35.5. The highest BCUT2D eigenvalue weighted by Gasteiger charge is 2.46. The van der Waals surface area contributed by atoms with Crippen molar-refractivity contribution in [1.29, 1.82) is 0 Å². The van der Waals surface area contributed by atoms with Crippen molar-refractivity contribution in [3.63, 3.8) is 0 Å². The quantitative estimate of drug-likeness (QED) is 0.164. The van der Waals surface area contributed by atoms with E-state index >= 15 is 0 Å². The minimum Gasteiger partial charge on any atom is -0.465 e. The summed E-state index contributed by atoms with van der Waals surface area (Å²) in [6, 6.07) is 2.84. The van der Waals surface area contributed by atoms with Crippen molar-refractivity contribution in [3.05, 3.63) is 27.2 Å². The first-order chi connectivity index (χ1) is 12.8. The number of esters is 2. The highest BCUT2D eigenvalue weighted by molar-refractivity contribution is 6.40. The molecule has 0 unspecified atom stereocenters. The number of ether oxygens (including phenoxy) is 2. The largest absolute Gasteiger partial charge is 0.465 e. The van der Waals surface area contributed by atoms with Crippen molar-refractivity contribution in [2.45, 2.75) is 65.7 Å². The predicted molar refractivity (Wildman–Crippen MR) is 110 cm³/mol. The van der Waals surface area contributed by atoms with Gasteiger partial charge in [-0.1, -0.05) is 81.3 Å². The van der Waals surface area contributed by atoms with Crippen LogP contribution in [-0.2, 0) is 14.3 Å². The van der Waals surface area contributed by atoms with Crippen LogP contribution in [0.2, 0.25) is 15.1 Å². The van der Waals surface area contributed by atoms with Gasteiger partial charge in [0.25, 0.3) is 0 Å². The van der Waals surface area contributed by atoms with E-state index < -0.39 is 17.4 Å². The molecule has 0 aliphatic rings. The number of carbonyl (C=O) groups is 2. The number of hydrogen-bond donors (Lipinski definition) is 0. The molecule has 0 saturated heterocycles. The Morgan fingerprint density at radius 1 is 0.889 bits per heavy atom. The van der Waals surface area contributed by atoms with Crippen LogP contribution in [0.15, 0.2) is 12.1 Å². The van der Waals surface area contributed by atoms with E-state index in [-0.39, 0.29) is 28.6 Å². The topological polar surface area (TPSA) is 52.6 Å². The van der Waals surface area contributed by atoms with Crippen LogP contribution in [0.4, 0.5) is 0 Å². The molecule has 0 amide bonds. The molecule has 0 atom stereocenters. The van der Waals surface area contributed by atoms with Gasteiger partial charge in [-0.3, -0.25) is 9.59 Å². The Hall–Kier alpha value is -0.970. The second kappa shape index (κ2) is 11.8. The lowest BCUT2D eigenvalue weighted by molar-refractivity contribution is -0.168. The van der Waals surface area contributed by atoms with E-state index in [2.05, 4.69) is 6.92 Å². The van der Waals surface area contributed by atoms with Crippen LogP contribution in [0.25, 0.3) is 0 Å². The molecule has 0 bridgehead atoms. The Labute approximate surface area is 176 Å². The minimum atomic E-state index is -1.39. The molecule has 0 aromatic heterocycles. The Balaban J connectivity index is 2.83. The van der Waals surface area contributed by atoms with Gasteiger partial charge in [0.1, 0.15) is 0 Å². The summed E-state index contributed by atoms with van der Waals surface area (Å²) in [6.45, 7) is 5.93. The molecule has 1 rings (SSSR count). The van der Waals surface area contributed by atoms with E-state index in [0.29, 0.717) is 11.6 Å². The Bertz CT molecular complexity index is 619. The van der Waals surface area contributed by atoms with Crippen molar-refractivity contribution >= 4 is 46.7 Å². The van der Waals surface area contributed by atoms with E-state index in [1.54, 1.807) is 13.8 Å². The third-order valence-electron chi connectivity index (χ3n) is 4.63. The molecule has 27 heavy (non-hydrogen) atoms. The Morgan fingerprint density at radius 3 is 1.96 bits per heavy atom. The zero-order valence-electron chi connectivity index (χ0n) is 16.1. The lowest BCUT2D eigenvalue weighted by Crippen LogP contribution is -2.42. The number of unbranched alkanes of at least 4 members (excludes halogenated alkanes) is 4. The van der Waals surface area contributed by atoms with Crippen LogP contribution in [0.5, 0.6) is 5.75 Å². The smallest absolute Gasteiger partial charge is 0.328 e. The monoisotopic (exact) mass is 436 g/mol. The zero-order valence-corrected chi connectivity index (χ0v) is 18.3. The molecule has 0 aliphatic carbocycles. The van der Waals surface area contributed by atoms with Crippen molar-refractivity contribution < 1.29 is 19.1 Å². The molecule has 7 heteroatoms. The lowest BCUT2D eigenvalue weighted by atomic mass is 9.82. The minimum absolute atomic E-state index is 0.00799. The maximum Gasteiger partial charge on any atom is 0.328 e. The van der Waals surface area contributed by atoms with E-state index in [0.717, 1.165) is 32.1 Å². The number of benzene rings is 1. The fourth-order valence-electron chi connectivity index (χ4n) is 2.74. The molecule has 0 N–H and O–H groups in total. The molecule has 4 nitrogen and oxygen atoms in total. The first-order valence-corrected chi connectivity index (χ1v) is 10.5. The number of rotatable bonds is 11. The molecule has 0 spiro atoms. The van der Waals surface area contributed by atoms with Crippen molar-refractivity contribution in [2.75, 3.05) is 6.61 Å². The Morgan fingerprint density at radius 2 is 1.44 bits per heavy atom. The number of carbonyl (C=O) groups excluding carboxylic acids is 2. The fraction of sp³-hybridized carbons (Fsp3) is 0.600. The molecule has 0 heterocycles. The molecular formula is C20H27Cl3O4. The van der Waals surface area contributed by atoms with Crippen LogP contribution in [0.1, 0.15) is 65.7 Å². The van der Waals surface area contributed by atoms with Gasteiger partial charge in [0.15, 0.2) is 11.2 Å². The first-order valence-electron chi connectivity index (χ1n) is 9.36. The molecular weight excluding hydrogens is 411 g/mol. The molecule has 1 aromatic rings. The van der Waals surface area contributed by atoms with Crippen LogP contribution >= 0.6 is 34.8 Å². The summed E-state index contributed by atoms with van der Waals surface area (Å²) >= 11 is 18.0. The SMILES string of the molecule is CCCCCCCOC(=O)C(CC)(CC)C(=O)Oc1c(Cl)cc(Cl)cc1Cl. The van der Waals surface area contributed by atoms with Crippen LogP contribution < -0.4 is 4.74 Å². The molecule has 152 valence electrons. The number of hydrogen-bond acceptors (Lipinski definition) is 4. The molecule has 0 saturated carbocycles. The van der Waals surface area contributed by atoms with Gasteiger partial charge in [0.05, 0.1) is 16.7 Å². The number of halogens is 3. The van der Waals surface area contributed by atoms with Gasteiger partial charge in [-0.05, 0) is 31.4 Å². The Kier molecular flexibility index (Phi) is 10.5. The molecule has 0 radical (unpaired) electrons. The summed E-state index contributed by atoms with van der Waals surface area (Å²) in [4.78, 5) is 25.5. The summed E-state index contributed by atoms with van der Waals surface area (Å²) in [6.07, 6.45) is 5.69. The van der Waals surface area contributed by atoms with Crippen LogP contribution in [-0.4, -0.2) is 18.5 Å². The molecule has 0 fully saturated rings. The fourth-order valence-corrected chi connectivity index (χ4v) is 3.63. The second-order valence-electron chi connectivity index (χ2n) is 6.43. The summed E-state index contributed by atoms with van der Waals surface area (Å²) in [5, 5.41) is 0.530. The van der Waals surface area contributed by atoms with E-state index in [4.69, 9.17) is 44.3 Å². The van der Waals surface area contributed by atoms with Crippen molar-refractivity contribution in [1.82, 2.24) is 0 Å². The normalized spacial score (nSPS) is 11.3. The average molecular weight is 438 g/mol. The van der Waals surface area contributed by atoms with Gasteiger partial charge >= 0.3 is 11.9 Å². The predicted octanol–water partition coefficient (Wildman–Crippen LogP) is 6.87. The standard InChI is InChI=1S/C20H27Cl3O4/c1-4-7-8-9-10-11-26-18(24)20(5-2,6-3)19(25)27-17-15(22)12-14(21)13-16(17)23/h12-13H,4-11H2,1-3H3. The molecule has 1 aromatic carbocycles. The zero-order chi connectivity index (χ0) is 20.4. The first kappa shape index (κ1) is 24.1. The summed E-state index contributed by atoms with van der Waals surface area (Å²) in [5.41, 5.74) is -1.39. The summed E-state index contributed by atoms with van der Waals surface area (Å²) in [7, 11) is 0. The second-order valence-corrected chi connectivity index (χ2v) is 7.68. The summed E-state index contributed by atoms with van der Waals surface area (Å²) in [5.74, 6) is -1.31. The van der Waals surface area contributed by atoms with Gasteiger partial charge < -0.3 is 9.47 Å². The van der Waals surface area contributed by atoms with E-state index in [9.17, 15) is 9.59 Å². The van der Waals surface area contributed by atoms with Crippen LogP contribution in [0, 0.1) is 5.41 Å². The van der Waals surface area contributed by atoms with Crippen molar-refractivity contribution in [2.24, 2.45) is 5.41 Å². The highest BCUT2D eigenvalue weighted by Crippen LogP contribution is 2.38. The van der Waals surface area contributed by atoms with Gasteiger partial charge in [0.2, 0.25) is 0 Å². The summed E-state index contributed by atoms with van der Waals surface area (Å²) < 4.78 is 10.8. The molecule has 0 aliphatic heterocycles. The maximum atomic E-state index is 12.8. The average Bonchev–Trinajstić information content (AvgIpc) is 2.62. The van der Waals surface area contributed by atoms with Gasteiger partial charge in [-0.2, -0.15) is 0 Å². The lowest BCUT2D eigenvalue weighted by Gasteiger charge is -2.27. The maximum absolute atomic E-state index is 12.8. The van der Waals surface area contributed by atoms with E-state index in [1.165, 1.54) is 12.1 Å². The van der Waals surface area contributed by atoms with Gasteiger partial charge in [-0.25, -0.2) is 0 Å².